The quantitative estimate of drug-likeness (QED) is 0.670. The Labute approximate surface area is 147 Å². The molecule has 3 heteroatoms. The molecule has 0 aliphatic rings. The van der Waals surface area contributed by atoms with Crippen LogP contribution >= 0.6 is 11.6 Å². The van der Waals surface area contributed by atoms with Gasteiger partial charge in [0.2, 0.25) is 5.91 Å². The van der Waals surface area contributed by atoms with E-state index in [4.69, 9.17) is 11.6 Å². The summed E-state index contributed by atoms with van der Waals surface area (Å²) in [5, 5.41) is 3.54. The molecule has 0 fully saturated rings. The van der Waals surface area contributed by atoms with E-state index in [0.29, 0.717) is 11.4 Å². The fraction of sp³-hybridized carbons (Fsp3) is 0.0952. The van der Waals surface area contributed by atoms with Gasteiger partial charge >= 0.3 is 0 Å². The number of amides is 1. The largest absolute Gasteiger partial charge is 0.326 e. The van der Waals surface area contributed by atoms with E-state index >= 15 is 0 Å². The zero-order chi connectivity index (χ0) is 16.9. The number of benzene rings is 3. The van der Waals surface area contributed by atoms with Gasteiger partial charge in [0, 0.05) is 10.7 Å². The Morgan fingerprint density at radius 3 is 2.29 bits per heavy atom. The Morgan fingerprint density at radius 1 is 0.917 bits per heavy atom. The standard InChI is InChI=1S/C21H18ClNO/c1-15-7-12-19(22)14-20(15)23-21(24)13-16-8-10-18(11-9-16)17-5-3-2-4-6-17/h2-12,14H,13H2,1H3,(H,23,24). The Bertz CT molecular complexity index is 841. The van der Waals surface area contributed by atoms with Crippen molar-refractivity contribution in [2.24, 2.45) is 0 Å². The highest BCUT2D eigenvalue weighted by molar-refractivity contribution is 6.31. The summed E-state index contributed by atoms with van der Waals surface area (Å²) in [5.41, 5.74) is 5.04. The van der Waals surface area contributed by atoms with Gasteiger partial charge in [-0.3, -0.25) is 4.79 Å². The van der Waals surface area contributed by atoms with Crippen LogP contribution in [0.1, 0.15) is 11.1 Å². The van der Waals surface area contributed by atoms with Crippen molar-refractivity contribution in [3.8, 4) is 11.1 Å². The van der Waals surface area contributed by atoms with Crippen LogP contribution in [0.3, 0.4) is 0 Å². The van der Waals surface area contributed by atoms with Crippen molar-refractivity contribution < 1.29 is 4.79 Å². The molecule has 0 bridgehead atoms. The van der Waals surface area contributed by atoms with Gasteiger partial charge in [0.1, 0.15) is 0 Å². The number of rotatable bonds is 4. The lowest BCUT2D eigenvalue weighted by atomic mass is 10.0. The van der Waals surface area contributed by atoms with E-state index in [9.17, 15) is 4.79 Å². The van der Waals surface area contributed by atoms with Crippen LogP contribution in [0.5, 0.6) is 0 Å². The van der Waals surface area contributed by atoms with Crippen LogP contribution < -0.4 is 5.32 Å². The predicted octanol–water partition coefficient (Wildman–Crippen LogP) is 5.50. The first-order valence-electron chi connectivity index (χ1n) is 7.82. The maximum atomic E-state index is 12.2. The van der Waals surface area contributed by atoms with E-state index in [-0.39, 0.29) is 5.91 Å². The number of halogens is 1. The smallest absolute Gasteiger partial charge is 0.228 e. The molecule has 120 valence electrons. The van der Waals surface area contributed by atoms with Crippen LogP contribution in [0.2, 0.25) is 5.02 Å². The number of hydrogen-bond donors (Lipinski definition) is 1. The zero-order valence-electron chi connectivity index (χ0n) is 13.4. The van der Waals surface area contributed by atoms with E-state index in [2.05, 4.69) is 17.4 Å². The average molecular weight is 336 g/mol. The predicted molar refractivity (Wildman–Crippen MR) is 100 cm³/mol. The summed E-state index contributed by atoms with van der Waals surface area (Å²) in [7, 11) is 0. The summed E-state index contributed by atoms with van der Waals surface area (Å²) in [5.74, 6) is -0.0483. The van der Waals surface area contributed by atoms with Gasteiger partial charge in [-0.1, -0.05) is 72.3 Å². The first-order chi connectivity index (χ1) is 11.6. The third-order valence-corrected chi connectivity index (χ3v) is 4.13. The number of aryl methyl sites for hydroxylation is 1. The molecule has 24 heavy (non-hydrogen) atoms. The first kappa shape index (κ1) is 16.3. The van der Waals surface area contributed by atoms with Gasteiger partial charge in [-0.05, 0) is 41.3 Å². The van der Waals surface area contributed by atoms with E-state index in [1.165, 1.54) is 5.56 Å². The van der Waals surface area contributed by atoms with E-state index < -0.39 is 0 Å². The van der Waals surface area contributed by atoms with Crippen LogP contribution in [0.15, 0.2) is 72.8 Å². The molecule has 0 saturated carbocycles. The van der Waals surface area contributed by atoms with E-state index in [1.807, 2.05) is 61.5 Å². The maximum absolute atomic E-state index is 12.2. The van der Waals surface area contributed by atoms with Gasteiger partial charge in [-0.2, -0.15) is 0 Å². The van der Waals surface area contributed by atoms with Gasteiger partial charge in [-0.15, -0.1) is 0 Å². The molecule has 0 spiro atoms. The van der Waals surface area contributed by atoms with Crippen LogP contribution in [-0.2, 0) is 11.2 Å². The number of nitrogens with one attached hydrogen (secondary N) is 1. The summed E-state index contributed by atoms with van der Waals surface area (Å²) >= 11 is 5.98. The van der Waals surface area contributed by atoms with Crippen LogP contribution in [0, 0.1) is 6.92 Å². The second kappa shape index (κ2) is 7.33. The van der Waals surface area contributed by atoms with Gasteiger partial charge in [0.15, 0.2) is 0 Å². The normalized spacial score (nSPS) is 10.4. The highest BCUT2D eigenvalue weighted by atomic mass is 35.5. The van der Waals surface area contributed by atoms with Crippen LogP contribution in [0.4, 0.5) is 5.69 Å². The summed E-state index contributed by atoms with van der Waals surface area (Å²) in [6, 6.07) is 23.7. The lowest BCUT2D eigenvalue weighted by molar-refractivity contribution is -0.115. The third kappa shape index (κ3) is 4.03. The molecule has 0 saturated heterocycles. The molecule has 2 nitrogen and oxygen atoms in total. The fourth-order valence-electron chi connectivity index (χ4n) is 2.55. The third-order valence-electron chi connectivity index (χ3n) is 3.90. The molecule has 0 heterocycles. The Hall–Kier alpha value is -2.58. The van der Waals surface area contributed by atoms with Crippen LogP contribution in [-0.4, -0.2) is 5.91 Å². The summed E-state index contributed by atoms with van der Waals surface area (Å²) in [4.78, 5) is 12.2. The summed E-state index contributed by atoms with van der Waals surface area (Å²) in [6.45, 7) is 1.95. The minimum atomic E-state index is -0.0483. The molecule has 3 rings (SSSR count). The van der Waals surface area contributed by atoms with Crippen molar-refractivity contribution in [1.29, 1.82) is 0 Å². The minimum Gasteiger partial charge on any atom is -0.326 e. The van der Waals surface area contributed by atoms with Gasteiger partial charge in [0.05, 0.1) is 6.42 Å². The average Bonchev–Trinajstić information content (AvgIpc) is 2.59. The molecule has 1 N–H and O–H groups in total. The highest BCUT2D eigenvalue weighted by Gasteiger charge is 2.07. The first-order valence-corrected chi connectivity index (χ1v) is 8.20. The van der Waals surface area contributed by atoms with Gasteiger partial charge in [-0.25, -0.2) is 0 Å². The molecule has 0 radical (unpaired) electrons. The molecule has 0 aliphatic carbocycles. The fourth-order valence-corrected chi connectivity index (χ4v) is 2.73. The van der Waals surface area contributed by atoms with E-state index in [0.717, 1.165) is 22.4 Å². The van der Waals surface area contributed by atoms with Gasteiger partial charge < -0.3 is 5.32 Å². The molecule has 0 unspecified atom stereocenters. The van der Waals surface area contributed by atoms with Crippen molar-refractivity contribution in [1.82, 2.24) is 0 Å². The Balaban J connectivity index is 1.67. The van der Waals surface area contributed by atoms with Crippen molar-refractivity contribution in [2.45, 2.75) is 13.3 Å². The molecular weight excluding hydrogens is 318 g/mol. The second-order valence-electron chi connectivity index (χ2n) is 5.75. The number of hydrogen-bond acceptors (Lipinski definition) is 1. The topological polar surface area (TPSA) is 29.1 Å². The van der Waals surface area contributed by atoms with Crippen molar-refractivity contribution in [3.63, 3.8) is 0 Å². The number of anilines is 1. The molecule has 0 atom stereocenters. The number of carbonyl (C=O) groups excluding carboxylic acids is 1. The monoisotopic (exact) mass is 335 g/mol. The molecule has 0 aliphatic heterocycles. The lowest BCUT2D eigenvalue weighted by Gasteiger charge is -2.09. The molecule has 1 amide bonds. The Morgan fingerprint density at radius 2 is 1.58 bits per heavy atom. The minimum absolute atomic E-state index is 0.0483. The molecule has 0 aromatic heterocycles. The van der Waals surface area contributed by atoms with Crippen LogP contribution in [0.25, 0.3) is 11.1 Å². The molecule has 3 aromatic rings. The molecule has 3 aromatic carbocycles. The van der Waals surface area contributed by atoms with Gasteiger partial charge in [0.25, 0.3) is 0 Å². The highest BCUT2D eigenvalue weighted by Crippen LogP contribution is 2.21. The lowest BCUT2D eigenvalue weighted by Crippen LogP contribution is -2.15. The summed E-state index contributed by atoms with van der Waals surface area (Å²) < 4.78 is 0. The van der Waals surface area contributed by atoms with E-state index in [1.54, 1.807) is 6.07 Å². The SMILES string of the molecule is Cc1ccc(Cl)cc1NC(=O)Cc1ccc(-c2ccccc2)cc1. The molecular formula is C21H18ClNO. The van der Waals surface area contributed by atoms with Crippen molar-refractivity contribution in [3.05, 3.63) is 88.9 Å². The number of carbonyl (C=O) groups is 1. The maximum Gasteiger partial charge on any atom is 0.228 e. The summed E-state index contributed by atoms with van der Waals surface area (Å²) in [6.07, 6.45) is 0.334. The zero-order valence-corrected chi connectivity index (χ0v) is 14.2. The second-order valence-corrected chi connectivity index (χ2v) is 6.18. The van der Waals surface area contributed by atoms with Crippen molar-refractivity contribution in [2.75, 3.05) is 5.32 Å². The van der Waals surface area contributed by atoms with Crippen molar-refractivity contribution >= 4 is 23.2 Å². The Kier molecular flexibility index (Phi) is 4.97.